The third-order valence-electron chi connectivity index (χ3n) is 3.89. The minimum atomic E-state index is -0.424. The molecule has 2 aromatic carbocycles. The molecule has 128 valence electrons. The zero-order valence-corrected chi connectivity index (χ0v) is 14.3. The maximum absolute atomic E-state index is 12.1. The highest BCUT2D eigenvalue weighted by molar-refractivity contribution is 5.89. The van der Waals surface area contributed by atoms with Gasteiger partial charge in [-0.1, -0.05) is 11.2 Å². The van der Waals surface area contributed by atoms with Crippen LogP contribution in [0.15, 0.2) is 47.0 Å². The summed E-state index contributed by atoms with van der Waals surface area (Å²) in [5.41, 5.74) is 3.45. The lowest BCUT2D eigenvalue weighted by atomic mass is 10.1. The van der Waals surface area contributed by atoms with E-state index in [1.165, 1.54) is 0 Å². The van der Waals surface area contributed by atoms with Crippen molar-refractivity contribution in [2.75, 3.05) is 7.11 Å². The summed E-state index contributed by atoms with van der Waals surface area (Å²) in [6, 6.07) is 12.7. The van der Waals surface area contributed by atoms with E-state index in [0.717, 1.165) is 22.4 Å². The van der Waals surface area contributed by atoms with E-state index in [2.05, 4.69) is 10.1 Å². The van der Waals surface area contributed by atoms with Gasteiger partial charge in [0, 0.05) is 5.56 Å². The van der Waals surface area contributed by atoms with Crippen molar-refractivity contribution in [3.05, 3.63) is 65.0 Å². The Kier molecular flexibility index (Phi) is 4.79. The number of nitrogens with zero attached hydrogens (tertiary/aromatic N) is 2. The van der Waals surface area contributed by atoms with Crippen molar-refractivity contribution in [3.8, 4) is 17.1 Å². The SMILES string of the molecule is COc1ccc(-c2noc(COC(=O)c3ccc(C)c(C)c3)n2)cc1. The van der Waals surface area contributed by atoms with Crippen LogP contribution in [0, 0.1) is 13.8 Å². The van der Waals surface area contributed by atoms with E-state index in [-0.39, 0.29) is 12.5 Å². The van der Waals surface area contributed by atoms with Gasteiger partial charge in [-0.15, -0.1) is 0 Å². The number of aryl methyl sites for hydroxylation is 2. The molecule has 1 heterocycles. The van der Waals surface area contributed by atoms with Gasteiger partial charge in [-0.3, -0.25) is 0 Å². The van der Waals surface area contributed by atoms with Crippen LogP contribution in [-0.4, -0.2) is 23.2 Å². The molecule has 0 atom stereocenters. The summed E-state index contributed by atoms with van der Waals surface area (Å²) in [5.74, 6) is 0.991. The lowest BCUT2D eigenvalue weighted by Crippen LogP contribution is -2.06. The lowest BCUT2D eigenvalue weighted by molar-refractivity contribution is 0.0429. The predicted octanol–water partition coefficient (Wildman–Crippen LogP) is 3.72. The number of rotatable bonds is 5. The Morgan fingerprint density at radius 1 is 1.08 bits per heavy atom. The van der Waals surface area contributed by atoms with E-state index in [0.29, 0.717) is 11.4 Å². The van der Waals surface area contributed by atoms with Crippen molar-refractivity contribution in [2.45, 2.75) is 20.5 Å². The van der Waals surface area contributed by atoms with Gasteiger partial charge in [-0.05, 0) is 61.4 Å². The zero-order valence-electron chi connectivity index (χ0n) is 14.3. The summed E-state index contributed by atoms with van der Waals surface area (Å²) in [4.78, 5) is 16.3. The first kappa shape index (κ1) is 16.7. The average Bonchev–Trinajstić information content (AvgIpc) is 3.11. The van der Waals surface area contributed by atoms with Crippen molar-refractivity contribution in [2.24, 2.45) is 0 Å². The molecule has 0 fully saturated rings. The molecule has 0 radical (unpaired) electrons. The van der Waals surface area contributed by atoms with Crippen LogP contribution in [0.2, 0.25) is 0 Å². The maximum Gasteiger partial charge on any atom is 0.338 e. The number of carbonyl (C=O) groups is 1. The second kappa shape index (κ2) is 7.17. The summed E-state index contributed by atoms with van der Waals surface area (Å²) < 4.78 is 15.5. The highest BCUT2D eigenvalue weighted by Gasteiger charge is 2.13. The molecule has 6 nitrogen and oxygen atoms in total. The van der Waals surface area contributed by atoms with E-state index in [1.54, 1.807) is 19.2 Å². The van der Waals surface area contributed by atoms with Gasteiger partial charge >= 0.3 is 5.97 Å². The van der Waals surface area contributed by atoms with E-state index in [4.69, 9.17) is 14.0 Å². The number of methoxy groups -OCH3 is 1. The van der Waals surface area contributed by atoms with Crippen molar-refractivity contribution in [1.29, 1.82) is 0 Å². The van der Waals surface area contributed by atoms with E-state index < -0.39 is 5.97 Å². The second-order valence-electron chi connectivity index (χ2n) is 5.62. The van der Waals surface area contributed by atoms with Gasteiger partial charge in [0.05, 0.1) is 12.7 Å². The summed E-state index contributed by atoms with van der Waals surface area (Å²) in [5, 5.41) is 3.90. The number of carbonyl (C=O) groups excluding carboxylic acids is 1. The number of esters is 1. The van der Waals surface area contributed by atoms with Crippen molar-refractivity contribution < 1.29 is 18.8 Å². The van der Waals surface area contributed by atoms with Gasteiger partial charge in [0.15, 0.2) is 6.61 Å². The first-order valence-corrected chi connectivity index (χ1v) is 7.78. The van der Waals surface area contributed by atoms with Gasteiger partial charge in [-0.25, -0.2) is 4.79 Å². The fourth-order valence-corrected chi connectivity index (χ4v) is 2.25. The van der Waals surface area contributed by atoms with Crippen LogP contribution in [0.5, 0.6) is 5.75 Å². The third kappa shape index (κ3) is 3.85. The molecule has 0 saturated heterocycles. The molecule has 0 bridgehead atoms. The van der Waals surface area contributed by atoms with Crippen LogP contribution in [0.25, 0.3) is 11.4 Å². The number of benzene rings is 2. The molecule has 0 aliphatic carbocycles. The number of hydrogen-bond donors (Lipinski definition) is 0. The summed E-state index contributed by atoms with van der Waals surface area (Å²) in [7, 11) is 1.60. The average molecular weight is 338 g/mol. The quantitative estimate of drug-likeness (QED) is 0.660. The van der Waals surface area contributed by atoms with Crippen LogP contribution in [-0.2, 0) is 11.3 Å². The largest absolute Gasteiger partial charge is 0.497 e. The normalized spacial score (nSPS) is 10.5. The van der Waals surface area contributed by atoms with Crippen LogP contribution in [0.3, 0.4) is 0 Å². The Labute approximate surface area is 145 Å². The Balaban J connectivity index is 1.64. The molecule has 0 saturated carbocycles. The van der Waals surface area contributed by atoms with Gasteiger partial charge in [0.2, 0.25) is 5.82 Å². The molecule has 6 heteroatoms. The maximum atomic E-state index is 12.1. The van der Waals surface area contributed by atoms with E-state index in [9.17, 15) is 4.79 Å². The Bertz CT molecular complexity index is 885. The van der Waals surface area contributed by atoms with Crippen molar-refractivity contribution in [3.63, 3.8) is 0 Å². The van der Waals surface area contributed by atoms with E-state index in [1.807, 2.05) is 44.2 Å². The molecule has 1 aromatic heterocycles. The first-order chi connectivity index (χ1) is 12.1. The van der Waals surface area contributed by atoms with Gasteiger partial charge < -0.3 is 14.0 Å². The smallest absolute Gasteiger partial charge is 0.338 e. The van der Waals surface area contributed by atoms with E-state index >= 15 is 0 Å². The standard InChI is InChI=1S/C19H18N2O4/c1-12-4-5-15(10-13(12)2)19(22)24-11-17-20-18(21-25-17)14-6-8-16(23-3)9-7-14/h4-10H,11H2,1-3H3. The van der Waals surface area contributed by atoms with Crippen LogP contribution in [0.4, 0.5) is 0 Å². The molecule has 0 N–H and O–H groups in total. The molecular weight excluding hydrogens is 320 g/mol. The molecule has 3 aromatic rings. The molecule has 0 unspecified atom stereocenters. The van der Waals surface area contributed by atoms with Crippen LogP contribution in [0.1, 0.15) is 27.4 Å². The Morgan fingerprint density at radius 2 is 1.84 bits per heavy atom. The Hall–Kier alpha value is -3.15. The second-order valence-corrected chi connectivity index (χ2v) is 5.62. The lowest BCUT2D eigenvalue weighted by Gasteiger charge is -2.04. The number of aromatic nitrogens is 2. The van der Waals surface area contributed by atoms with Gasteiger partial charge in [0.1, 0.15) is 5.75 Å². The fraction of sp³-hybridized carbons (Fsp3) is 0.211. The topological polar surface area (TPSA) is 74.5 Å². The first-order valence-electron chi connectivity index (χ1n) is 7.78. The number of hydrogen-bond acceptors (Lipinski definition) is 6. The van der Waals surface area contributed by atoms with Crippen molar-refractivity contribution >= 4 is 5.97 Å². The molecular formula is C19H18N2O4. The fourth-order valence-electron chi connectivity index (χ4n) is 2.25. The van der Waals surface area contributed by atoms with Crippen molar-refractivity contribution in [1.82, 2.24) is 10.1 Å². The minimum absolute atomic E-state index is 0.0745. The highest BCUT2D eigenvalue weighted by Crippen LogP contribution is 2.20. The minimum Gasteiger partial charge on any atom is -0.497 e. The Morgan fingerprint density at radius 3 is 2.52 bits per heavy atom. The zero-order chi connectivity index (χ0) is 17.8. The van der Waals surface area contributed by atoms with Crippen LogP contribution >= 0.6 is 0 Å². The summed E-state index contributed by atoms with van der Waals surface area (Å²) in [6.45, 7) is 3.86. The summed E-state index contributed by atoms with van der Waals surface area (Å²) in [6.07, 6.45) is 0. The third-order valence-corrected chi connectivity index (χ3v) is 3.89. The molecule has 0 aliphatic heterocycles. The van der Waals surface area contributed by atoms with Crippen LogP contribution < -0.4 is 4.74 Å². The monoisotopic (exact) mass is 338 g/mol. The summed E-state index contributed by atoms with van der Waals surface area (Å²) >= 11 is 0. The molecule has 0 spiro atoms. The molecule has 0 amide bonds. The highest BCUT2D eigenvalue weighted by atomic mass is 16.6. The van der Waals surface area contributed by atoms with Gasteiger partial charge in [-0.2, -0.15) is 4.98 Å². The molecule has 25 heavy (non-hydrogen) atoms. The van der Waals surface area contributed by atoms with Gasteiger partial charge in [0.25, 0.3) is 5.89 Å². The molecule has 3 rings (SSSR count). The number of ether oxygens (including phenoxy) is 2. The predicted molar refractivity (Wildman–Crippen MR) is 91.3 cm³/mol. The molecule has 0 aliphatic rings.